The molecule has 86 valence electrons. The third kappa shape index (κ3) is 2.69. The van der Waals surface area contributed by atoms with Crippen molar-refractivity contribution >= 4 is 11.9 Å². The maximum Gasteiger partial charge on any atom is 0.417 e. The number of hydrogen-bond acceptors (Lipinski definition) is 3. The van der Waals surface area contributed by atoms with Gasteiger partial charge < -0.3 is 5.73 Å². The van der Waals surface area contributed by atoms with Crippen molar-refractivity contribution in [1.82, 2.24) is 10.3 Å². The number of halogens is 3. The van der Waals surface area contributed by atoms with E-state index in [9.17, 15) is 22.8 Å². The zero-order valence-electron chi connectivity index (χ0n) is 7.71. The normalized spacial score (nSPS) is 10.9. The van der Waals surface area contributed by atoms with Gasteiger partial charge in [-0.25, -0.2) is 4.79 Å². The van der Waals surface area contributed by atoms with Crippen LogP contribution in [0.3, 0.4) is 0 Å². The molecule has 1 aromatic heterocycles. The third-order valence-corrected chi connectivity index (χ3v) is 1.61. The molecule has 0 aliphatic rings. The van der Waals surface area contributed by atoms with Gasteiger partial charge in [0.15, 0.2) is 0 Å². The van der Waals surface area contributed by atoms with Crippen molar-refractivity contribution in [2.45, 2.75) is 6.18 Å². The number of urea groups is 1. The summed E-state index contributed by atoms with van der Waals surface area (Å²) < 4.78 is 37.3. The number of primary amides is 1. The lowest BCUT2D eigenvalue weighted by atomic mass is 10.1. The van der Waals surface area contributed by atoms with Gasteiger partial charge in [0.05, 0.1) is 11.1 Å². The molecule has 3 N–H and O–H groups in total. The van der Waals surface area contributed by atoms with Gasteiger partial charge in [-0.3, -0.25) is 15.1 Å². The Labute approximate surface area is 87.5 Å². The molecule has 0 spiro atoms. The number of imide groups is 1. The average Bonchev–Trinajstić information content (AvgIpc) is 2.15. The second kappa shape index (κ2) is 4.17. The molecule has 0 bridgehead atoms. The van der Waals surface area contributed by atoms with Crippen LogP contribution >= 0.6 is 0 Å². The predicted molar refractivity (Wildman–Crippen MR) is 46.3 cm³/mol. The van der Waals surface area contributed by atoms with E-state index in [1.54, 1.807) is 0 Å². The summed E-state index contributed by atoms with van der Waals surface area (Å²) in [6.07, 6.45) is -3.10. The van der Waals surface area contributed by atoms with E-state index in [-0.39, 0.29) is 0 Å². The first kappa shape index (κ1) is 12.0. The summed E-state index contributed by atoms with van der Waals surface area (Å²) in [6, 6.07) is -0.599. The first-order valence-electron chi connectivity index (χ1n) is 3.94. The summed E-state index contributed by atoms with van der Waals surface area (Å²) >= 11 is 0. The van der Waals surface area contributed by atoms with Crippen molar-refractivity contribution in [3.8, 4) is 0 Å². The predicted octanol–water partition coefficient (Wildman–Crippen LogP) is 0.909. The van der Waals surface area contributed by atoms with Gasteiger partial charge in [0.2, 0.25) is 0 Å². The Balaban J connectivity index is 3.14. The molecule has 0 saturated heterocycles. The van der Waals surface area contributed by atoms with Crippen molar-refractivity contribution in [1.29, 1.82) is 0 Å². The summed E-state index contributed by atoms with van der Waals surface area (Å²) in [5, 5.41) is 1.53. The number of nitrogens with one attached hydrogen (secondary N) is 1. The van der Waals surface area contributed by atoms with Crippen molar-refractivity contribution in [3.05, 3.63) is 29.6 Å². The molecule has 0 atom stereocenters. The van der Waals surface area contributed by atoms with Gasteiger partial charge in [-0.05, 0) is 6.07 Å². The van der Waals surface area contributed by atoms with Crippen LogP contribution in [0.25, 0.3) is 0 Å². The lowest BCUT2D eigenvalue weighted by Gasteiger charge is -2.10. The van der Waals surface area contributed by atoms with E-state index >= 15 is 0 Å². The fraction of sp³-hybridized carbons (Fsp3) is 0.125. The van der Waals surface area contributed by atoms with Gasteiger partial charge in [0.1, 0.15) is 0 Å². The molecule has 1 rings (SSSR count). The van der Waals surface area contributed by atoms with Crippen LogP contribution in [0.4, 0.5) is 18.0 Å². The van der Waals surface area contributed by atoms with Gasteiger partial charge >= 0.3 is 12.2 Å². The Morgan fingerprint density at radius 1 is 1.38 bits per heavy atom. The molecule has 0 radical (unpaired) electrons. The third-order valence-electron chi connectivity index (χ3n) is 1.61. The molecule has 0 aromatic carbocycles. The van der Waals surface area contributed by atoms with Crippen molar-refractivity contribution in [2.75, 3.05) is 0 Å². The molecule has 0 aliphatic heterocycles. The SMILES string of the molecule is NC(=O)NC(=O)c1cnccc1C(F)(F)F. The summed E-state index contributed by atoms with van der Waals surface area (Å²) in [6.45, 7) is 0. The second-order valence-electron chi connectivity index (χ2n) is 2.74. The Hall–Kier alpha value is -2.12. The number of nitrogens with two attached hydrogens (primary N) is 1. The van der Waals surface area contributed by atoms with E-state index in [0.717, 1.165) is 6.20 Å². The summed E-state index contributed by atoms with van der Waals surface area (Å²) in [4.78, 5) is 24.9. The highest BCUT2D eigenvalue weighted by molar-refractivity contribution is 6.04. The van der Waals surface area contributed by atoms with Crippen molar-refractivity contribution in [2.24, 2.45) is 5.73 Å². The van der Waals surface area contributed by atoms with Crippen LogP contribution in [0.2, 0.25) is 0 Å². The van der Waals surface area contributed by atoms with E-state index < -0.39 is 29.2 Å². The monoisotopic (exact) mass is 233 g/mol. The van der Waals surface area contributed by atoms with Crippen LogP contribution in [0, 0.1) is 0 Å². The minimum absolute atomic E-state index is 0.635. The number of rotatable bonds is 1. The van der Waals surface area contributed by atoms with Crippen LogP contribution < -0.4 is 11.1 Å². The first-order valence-corrected chi connectivity index (χ1v) is 3.94. The van der Waals surface area contributed by atoms with Gasteiger partial charge in [0, 0.05) is 12.4 Å². The summed E-state index contributed by atoms with van der Waals surface area (Å²) in [5.74, 6) is -1.24. The fourth-order valence-corrected chi connectivity index (χ4v) is 1.00. The molecule has 0 unspecified atom stereocenters. The number of pyridine rings is 1. The maximum absolute atomic E-state index is 12.4. The Kier molecular flexibility index (Phi) is 3.11. The minimum atomic E-state index is -4.70. The fourth-order valence-electron chi connectivity index (χ4n) is 1.00. The number of hydrogen-bond donors (Lipinski definition) is 2. The maximum atomic E-state index is 12.4. The van der Waals surface area contributed by atoms with Crippen molar-refractivity contribution < 1.29 is 22.8 Å². The number of alkyl halides is 3. The van der Waals surface area contributed by atoms with E-state index in [2.05, 4.69) is 10.7 Å². The lowest BCUT2D eigenvalue weighted by molar-refractivity contribution is -0.138. The Morgan fingerprint density at radius 2 is 2.00 bits per heavy atom. The number of aromatic nitrogens is 1. The van der Waals surface area contributed by atoms with Gasteiger partial charge in [-0.15, -0.1) is 0 Å². The van der Waals surface area contributed by atoms with Crippen LogP contribution in [-0.4, -0.2) is 16.9 Å². The average molecular weight is 233 g/mol. The van der Waals surface area contributed by atoms with E-state index in [4.69, 9.17) is 0 Å². The summed E-state index contributed by atoms with van der Waals surface area (Å²) in [7, 11) is 0. The van der Waals surface area contributed by atoms with E-state index in [1.807, 2.05) is 0 Å². The molecule has 0 aliphatic carbocycles. The van der Waals surface area contributed by atoms with Crippen LogP contribution in [0.5, 0.6) is 0 Å². The summed E-state index contributed by atoms with van der Waals surface area (Å²) in [5.41, 5.74) is 2.68. The Morgan fingerprint density at radius 3 is 2.50 bits per heavy atom. The smallest absolute Gasteiger partial charge is 0.351 e. The molecule has 1 aromatic rings. The first-order chi connectivity index (χ1) is 7.32. The Bertz CT molecular complexity index is 431. The van der Waals surface area contributed by atoms with Crippen LogP contribution in [0.15, 0.2) is 18.5 Å². The van der Waals surface area contributed by atoms with Gasteiger partial charge in [0.25, 0.3) is 5.91 Å². The number of carbonyl (C=O) groups excluding carboxylic acids is 2. The highest BCUT2D eigenvalue weighted by Crippen LogP contribution is 2.31. The van der Waals surface area contributed by atoms with Gasteiger partial charge in [-0.1, -0.05) is 0 Å². The quantitative estimate of drug-likeness (QED) is 0.755. The molecule has 0 fully saturated rings. The van der Waals surface area contributed by atoms with E-state index in [1.165, 1.54) is 5.32 Å². The number of amides is 3. The minimum Gasteiger partial charge on any atom is -0.351 e. The number of carbonyl (C=O) groups is 2. The zero-order chi connectivity index (χ0) is 12.3. The zero-order valence-corrected chi connectivity index (χ0v) is 7.71. The van der Waals surface area contributed by atoms with E-state index in [0.29, 0.717) is 12.3 Å². The van der Waals surface area contributed by atoms with Crippen LogP contribution in [-0.2, 0) is 6.18 Å². The van der Waals surface area contributed by atoms with Crippen LogP contribution in [0.1, 0.15) is 15.9 Å². The standard InChI is InChI=1S/C8H6F3N3O2/c9-8(10,11)5-1-2-13-3-4(5)6(15)14-7(12)16/h1-3H,(H3,12,14,15,16). The van der Waals surface area contributed by atoms with Gasteiger partial charge in [-0.2, -0.15) is 13.2 Å². The molecular weight excluding hydrogens is 227 g/mol. The second-order valence-corrected chi connectivity index (χ2v) is 2.74. The molecular formula is C8H6F3N3O2. The molecule has 3 amide bonds. The largest absolute Gasteiger partial charge is 0.417 e. The highest BCUT2D eigenvalue weighted by atomic mass is 19.4. The van der Waals surface area contributed by atoms with Crippen molar-refractivity contribution in [3.63, 3.8) is 0 Å². The highest BCUT2D eigenvalue weighted by Gasteiger charge is 2.35. The molecule has 16 heavy (non-hydrogen) atoms. The topological polar surface area (TPSA) is 85.1 Å². The molecule has 0 saturated carbocycles. The molecule has 1 heterocycles. The lowest BCUT2D eigenvalue weighted by Crippen LogP contribution is -2.36. The molecule has 8 heteroatoms. The molecule has 5 nitrogen and oxygen atoms in total. The number of nitrogens with zero attached hydrogens (tertiary/aromatic N) is 1.